The van der Waals surface area contributed by atoms with Gasteiger partial charge in [-0.05, 0) is 17.7 Å². The average molecular weight is 309 g/mol. The van der Waals surface area contributed by atoms with Gasteiger partial charge in [-0.25, -0.2) is 13.8 Å². The second kappa shape index (κ2) is 4.89. The Morgan fingerprint density at radius 3 is 2.52 bits per heavy atom. The number of rotatable bonds is 2. The highest BCUT2D eigenvalue weighted by atomic mass is 35.5. The zero-order valence-corrected chi connectivity index (χ0v) is 11.2. The van der Waals surface area contributed by atoms with Crippen molar-refractivity contribution in [3.8, 4) is 0 Å². The molecule has 1 aromatic heterocycles. The molecule has 1 amide bonds. The molecule has 1 aliphatic heterocycles. The molecule has 0 saturated carbocycles. The minimum Gasteiger partial charge on any atom is -0.300 e. The maximum absolute atomic E-state index is 13.3. The Bertz CT molecular complexity index is 762. The predicted octanol–water partition coefficient (Wildman–Crippen LogP) is 2.74. The van der Waals surface area contributed by atoms with Gasteiger partial charge >= 0.3 is 0 Å². The van der Waals surface area contributed by atoms with Crippen LogP contribution in [0, 0.1) is 11.6 Å². The Morgan fingerprint density at radius 2 is 1.86 bits per heavy atom. The third kappa shape index (κ3) is 2.27. The molecular formula is C14H7ClF2N2O2. The standard InChI is InChI=1S/C14H7ClF2N2O2/c15-12-2-1-7(5-18-12)6-19-11-4-10(17)9(16)3-8(11)13(20)14(19)21/h1-5H,6H2. The summed E-state index contributed by atoms with van der Waals surface area (Å²) in [4.78, 5) is 28.7. The molecule has 2 aromatic rings. The molecule has 0 atom stereocenters. The SMILES string of the molecule is O=C1C(=O)N(Cc2ccc(Cl)nc2)c2cc(F)c(F)cc21. The molecule has 0 unspecified atom stereocenters. The van der Waals surface area contributed by atoms with Crippen LogP contribution in [0.4, 0.5) is 14.5 Å². The van der Waals surface area contributed by atoms with Crippen molar-refractivity contribution in [3.05, 3.63) is 58.4 Å². The molecule has 0 bridgehead atoms. The van der Waals surface area contributed by atoms with Crippen molar-refractivity contribution in [2.45, 2.75) is 6.54 Å². The van der Waals surface area contributed by atoms with E-state index in [-0.39, 0.29) is 22.9 Å². The highest BCUT2D eigenvalue weighted by Gasteiger charge is 2.37. The van der Waals surface area contributed by atoms with Gasteiger partial charge in [-0.2, -0.15) is 0 Å². The van der Waals surface area contributed by atoms with Gasteiger partial charge in [0.2, 0.25) is 0 Å². The fourth-order valence-corrected chi connectivity index (χ4v) is 2.24. The molecule has 0 N–H and O–H groups in total. The number of benzene rings is 1. The zero-order valence-electron chi connectivity index (χ0n) is 10.4. The van der Waals surface area contributed by atoms with E-state index < -0.39 is 23.3 Å². The summed E-state index contributed by atoms with van der Waals surface area (Å²) in [7, 11) is 0. The molecule has 1 aromatic carbocycles. The molecule has 0 saturated heterocycles. The molecule has 0 fully saturated rings. The Kier molecular flexibility index (Phi) is 3.17. The molecule has 0 spiro atoms. The van der Waals surface area contributed by atoms with Crippen LogP contribution in [0.3, 0.4) is 0 Å². The van der Waals surface area contributed by atoms with E-state index in [1.165, 1.54) is 12.3 Å². The molecule has 1 aliphatic rings. The number of hydrogen-bond donors (Lipinski definition) is 0. The molecule has 0 radical (unpaired) electrons. The lowest BCUT2D eigenvalue weighted by Gasteiger charge is -2.16. The Balaban J connectivity index is 2.01. The number of pyridine rings is 1. The lowest BCUT2D eigenvalue weighted by atomic mass is 10.1. The van der Waals surface area contributed by atoms with E-state index in [4.69, 9.17) is 11.6 Å². The van der Waals surface area contributed by atoms with Gasteiger partial charge in [-0.15, -0.1) is 0 Å². The van der Waals surface area contributed by atoms with Crippen molar-refractivity contribution in [2.24, 2.45) is 0 Å². The average Bonchev–Trinajstić information content (AvgIpc) is 2.67. The number of carbonyl (C=O) groups excluding carboxylic acids is 2. The maximum atomic E-state index is 13.3. The van der Waals surface area contributed by atoms with Crippen LogP contribution in [-0.2, 0) is 11.3 Å². The van der Waals surface area contributed by atoms with Crippen molar-refractivity contribution >= 4 is 29.0 Å². The van der Waals surface area contributed by atoms with Crippen LogP contribution in [0.1, 0.15) is 15.9 Å². The Hall–Kier alpha value is -2.34. The fourth-order valence-electron chi connectivity index (χ4n) is 2.13. The largest absolute Gasteiger partial charge is 0.300 e. The third-order valence-electron chi connectivity index (χ3n) is 3.14. The summed E-state index contributed by atoms with van der Waals surface area (Å²) in [5.41, 5.74) is 0.526. The number of hydrogen-bond acceptors (Lipinski definition) is 3. The highest BCUT2D eigenvalue weighted by Crippen LogP contribution is 2.32. The third-order valence-corrected chi connectivity index (χ3v) is 3.37. The number of fused-ring (bicyclic) bond motifs is 1. The van der Waals surface area contributed by atoms with Gasteiger partial charge in [0.05, 0.1) is 17.8 Å². The Morgan fingerprint density at radius 1 is 1.14 bits per heavy atom. The molecule has 2 heterocycles. The number of ketones is 1. The molecule has 0 aliphatic carbocycles. The van der Waals surface area contributed by atoms with Gasteiger partial charge in [-0.1, -0.05) is 17.7 Å². The number of halogens is 3. The summed E-state index contributed by atoms with van der Waals surface area (Å²) < 4.78 is 26.5. The Labute approximate surface area is 123 Å². The van der Waals surface area contributed by atoms with Gasteiger partial charge in [-0.3, -0.25) is 9.59 Å². The van der Waals surface area contributed by atoms with Crippen LogP contribution >= 0.6 is 11.6 Å². The van der Waals surface area contributed by atoms with Crippen LogP contribution < -0.4 is 4.90 Å². The second-order valence-corrected chi connectivity index (χ2v) is 4.88. The summed E-state index contributed by atoms with van der Waals surface area (Å²) in [5, 5.41) is 0.288. The fraction of sp³-hybridized carbons (Fsp3) is 0.0714. The van der Waals surface area contributed by atoms with E-state index in [9.17, 15) is 18.4 Å². The zero-order chi connectivity index (χ0) is 15.1. The van der Waals surface area contributed by atoms with Gasteiger partial charge in [0.15, 0.2) is 11.6 Å². The molecule has 4 nitrogen and oxygen atoms in total. The van der Waals surface area contributed by atoms with E-state index in [2.05, 4.69) is 4.98 Å². The first-order valence-corrected chi connectivity index (χ1v) is 6.31. The monoisotopic (exact) mass is 308 g/mol. The van der Waals surface area contributed by atoms with Gasteiger partial charge in [0, 0.05) is 12.3 Å². The van der Waals surface area contributed by atoms with Crippen LogP contribution in [0.15, 0.2) is 30.5 Å². The van der Waals surface area contributed by atoms with E-state index in [1.54, 1.807) is 6.07 Å². The summed E-state index contributed by atoms with van der Waals surface area (Å²) in [6.07, 6.45) is 1.44. The van der Waals surface area contributed by atoms with Crippen molar-refractivity contribution in [3.63, 3.8) is 0 Å². The van der Waals surface area contributed by atoms with Crippen LogP contribution in [0.25, 0.3) is 0 Å². The lowest BCUT2D eigenvalue weighted by molar-refractivity contribution is -0.114. The highest BCUT2D eigenvalue weighted by molar-refractivity contribution is 6.52. The number of Topliss-reactive ketones (excluding diaryl/α,β-unsaturated/α-hetero) is 1. The smallest absolute Gasteiger partial charge is 0.299 e. The van der Waals surface area contributed by atoms with Crippen LogP contribution in [-0.4, -0.2) is 16.7 Å². The topological polar surface area (TPSA) is 50.3 Å². The first-order chi connectivity index (χ1) is 9.97. The molecule has 3 rings (SSSR count). The lowest BCUT2D eigenvalue weighted by Crippen LogP contribution is -2.29. The first kappa shape index (κ1) is 13.6. The van der Waals surface area contributed by atoms with Gasteiger partial charge in [0.25, 0.3) is 11.7 Å². The second-order valence-electron chi connectivity index (χ2n) is 4.49. The minimum absolute atomic E-state index is 0.0206. The van der Waals surface area contributed by atoms with Crippen molar-refractivity contribution in [2.75, 3.05) is 4.90 Å². The normalized spacial score (nSPS) is 13.8. The summed E-state index contributed by atoms with van der Waals surface area (Å²) in [6.45, 7) is 0.0206. The number of carbonyl (C=O) groups is 2. The van der Waals surface area contributed by atoms with Gasteiger partial charge < -0.3 is 4.90 Å². The van der Waals surface area contributed by atoms with Crippen molar-refractivity contribution in [1.82, 2.24) is 4.98 Å². The molecule has 21 heavy (non-hydrogen) atoms. The maximum Gasteiger partial charge on any atom is 0.299 e. The van der Waals surface area contributed by atoms with Crippen LogP contribution in [0.2, 0.25) is 5.15 Å². The molecule has 7 heteroatoms. The summed E-state index contributed by atoms with van der Waals surface area (Å²) in [6, 6.07) is 4.75. The van der Waals surface area contributed by atoms with E-state index in [0.29, 0.717) is 5.56 Å². The molecular weight excluding hydrogens is 302 g/mol. The molecule has 106 valence electrons. The van der Waals surface area contributed by atoms with Crippen LogP contribution in [0.5, 0.6) is 0 Å². The number of nitrogens with zero attached hydrogens (tertiary/aromatic N) is 2. The van der Waals surface area contributed by atoms with Gasteiger partial charge in [0.1, 0.15) is 5.15 Å². The van der Waals surface area contributed by atoms with E-state index in [0.717, 1.165) is 17.0 Å². The quantitative estimate of drug-likeness (QED) is 0.633. The number of amides is 1. The number of aromatic nitrogens is 1. The number of anilines is 1. The predicted molar refractivity (Wildman–Crippen MR) is 71.1 cm³/mol. The minimum atomic E-state index is -1.16. The van der Waals surface area contributed by atoms with Crippen molar-refractivity contribution < 1.29 is 18.4 Å². The van der Waals surface area contributed by atoms with Crippen molar-refractivity contribution in [1.29, 1.82) is 0 Å². The summed E-state index contributed by atoms with van der Waals surface area (Å²) >= 11 is 5.66. The summed E-state index contributed by atoms with van der Waals surface area (Å²) in [5.74, 6) is -3.96. The van der Waals surface area contributed by atoms with E-state index in [1.807, 2.05) is 0 Å². The van der Waals surface area contributed by atoms with E-state index >= 15 is 0 Å². The first-order valence-electron chi connectivity index (χ1n) is 5.93.